The molecule has 0 saturated heterocycles. The van der Waals surface area contributed by atoms with E-state index in [0.717, 1.165) is 35.4 Å². The van der Waals surface area contributed by atoms with Crippen molar-refractivity contribution in [2.24, 2.45) is 5.10 Å². The molecule has 0 radical (unpaired) electrons. The summed E-state index contributed by atoms with van der Waals surface area (Å²) >= 11 is 1.64. The predicted octanol–water partition coefficient (Wildman–Crippen LogP) is 4.61. The molecule has 1 aromatic heterocycles. The van der Waals surface area contributed by atoms with Crippen molar-refractivity contribution in [3.63, 3.8) is 0 Å². The van der Waals surface area contributed by atoms with Crippen LogP contribution in [0.3, 0.4) is 0 Å². The first-order chi connectivity index (χ1) is 13.2. The number of rotatable bonds is 8. The molecule has 0 fully saturated rings. The molecule has 27 heavy (non-hydrogen) atoms. The van der Waals surface area contributed by atoms with E-state index in [-0.39, 0.29) is 0 Å². The Kier molecular flexibility index (Phi) is 6.65. The molecule has 5 nitrogen and oxygen atoms in total. The third-order valence-electron chi connectivity index (χ3n) is 4.32. The van der Waals surface area contributed by atoms with E-state index < -0.39 is 0 Å². The van der Waals surface area contributed by atoms with Crippen LogP contribution < -0.4 is 4.90 Å². The molecule has 0 N–H and O–H groups in total. The lowest BCUT2D eigenvalue weighted by Gasteiger charge is -2.20. The fraction of sp³-hybridized carbons (Fsp3) is 0.286. The first-order valence-electron chi connectivity index (χ1n) is 9.19. The minimum absolute atomic E-state index is 0.779. The number of aromatic nitrogens is 3. The van der Waals surface area contributed by atoms with Gasteiger partial charge in [-0.2, -0.15) is 9.78 Å². The summed E-state index contributed by atoms with van der Waals surface area (Å²) in [4.78, 5) is 2.32. The van der Waals surface area contributed by atoms with Gasteiger partial charge < -0.3 is 4.90 Å². The van der Waals surface area contributed by atoms with Crippen LogP contribution in [0.4, 0.5) is 5.69 Å². The van der Waals surface area contributed by atoms with Gasteiger partial charge in [-0.05, 0) is 44.0 Å². The van der Waals surface area contributed by atoms with Crippen LogP contribution in [-0.4, -0.2) is 34.2 Å². The van der Waals surface area contributed by atoms with Crippen LogP contribution in [0.5, 0.6) is 0 Å². The van der Waals surface area contributed by atoms with E-state index in [1.807, 2.05) is 31.3 Å². The van der Waals surface area contributed by atoms with Gasteiger partial charge in [-0.3, -0.25) is 0 Å². The minimum Gasteiger partial charge on any atom is -0.372 e. The van der Waals surface area contributed by atoms with Crippen molar-refractivity contribution < 1.29 is 0 Å². The van der Waals surface area contributed by atoms with Gasteiger partial charge in [0.2, 0.25) is 5.16 Å². The zero-order valence-electron chi connectivity index (χ0n) is 16.0. The second-order valence-electron chi connectivity index (χ2n) is 6.12. The molecule has 0 aliphatic carbocycles. The SMILES string of the molecule is CCN(CC)c1ccc(/C=N/n2c(C)nnc2SCc2ccccc2)cc1. The molecule has 140 valence electrons. The summed E-state index contributed by atoms with van der Waals surface area (Å²) in [5.41, 5.74) is 3.54. The highest BCUT2D eigenvalue weighted by atomic mass is 32.2. The van der Waals surface area contributed by atoms with Gasteiger partial charge in [0.15, 0.2) is 5.82 Å². The van der Waals surface area contributed by atoms with Crippen LogP contribution in [0.25, 0.3) is 0 Å². The maximum Gasteiger partial charge on any atom is 0.212 e. The van der Waals surface area contributed by atoms with Crippen molar-refractivity contribution in [1.82, 2.24) is 14.9 Å². The fourth-order valence-electron chi connectivity index (χ4n) is 2.77. The number of thioether (sulfide) groups is 1. The Morgan fingerprint density at radius 3 is 2.37 bits per heavy atom. The van der Waals surface area contributed by atoms with Crippen LogP contribution in [-0.2, 0) is 5.75 Å². The van der Waals surface area contributed by atoms with Gasteiger partial charge in [0.05, 0.1) is 6.21 Å². The smallest absolute Gasteiger partial charge is 0.212 e. The van der Waals surface area contributed by atoms with E-state index in [2.05, 4.69) is 70.4 Å². The van der Waals surface area contributed by atoms with Gasteiger partial charge in [0.25, 0.3) is 0 Å². The number of hydrogen-bond donors (Lipinski definition) is 0. The summed E-state index contributed by atoms with van der Waals surface area (Å²) in [5.74, 6) is 1.62. The molecular formula is C21H25N5S. The van der Waals surface area contributed by atoms with Gasteiger partial charge in [0, 0.05) is 24.5 Å². The third-order valence-corrected chi connectivity index (χ3v) is 5.31. The van der Waals surface area contributed by atoms with Crippen molar-refractivity contribution in [3.05, 3.63) is 71.5 Å². The molecule has 0 aliphatic heterocycles. The summed E-state index contributed by atoms with van der Waals surface area (Å²) < 4.78 is 1.80. The van der Waals surface area contributed by atoms with Crippen LogP contribution >= 0.6 is 11.8 Å². The van der Waals surface area contributed by atoms with Gasteiger partial charge in [-0.25, -0.2) is 0 Å². The number of nitrogens with zero attached hydrogens (tertiary/aromatic N) is 5. The van der Waals surface area contributed by atoms with Crippen molar-refractivity contribution in [1.29, 1.82) is 0 Å². The predicted molar refractivity (Wildman–Crippen MR) is 114 cm³/mol. The molecule has 0 spiro atoms. The van der Waals surface area contributed by atoms with Gasteiger partial charge >= 0.3 is 0 Å². The highest BCUT2D eigenvalue weighted by Gasteiger charge is 2.08. The Hall–Kier alpha value is -2.60. The van der Waals surface area contributed by atoms with E-state index in [9.17, 15) is 0 Å². The van der Waals surface area contributed by atoms with Crippen LogP contribution in [0.1, 0.15) is 30.8 Å². The van der Waals surface area contributed by atoms with E-state index in [1.165, 1.54) is 11.3 Å². The Labute approximate surface area is 165 Å². The van der Waals surface area contributed by atoms with E-state index in [0.29, 0.717) is 0 Å². The number of hydrogen-bond acceptors (Lipinski definition) is 5. The molecular weight excluding hydrogens is 354 g/mol. The molecule has 0 bridgehead atoms. The summed E-state index contributed by atoms with van der Waals surface area (Å²) in [7, 11) is 0. The molecule has 0 amide bonds. The number of anilines is 1. The first kappa shape index (κ1) is 19.2. The van der Waals surface area contributed by atoms with Crippen molar-refractivity contribution in [3.8, 4) is 0 Å². The van der Waals surface area contributed by atoms with E-state index >= 15 is 0 Å². The Bertz CT molecular complexity index is 867. The first-order valence-corrected chi connectivity index (χ1v) is 10.2. The molecule has 2 aromatic carbocycles. The van der Waals surface area contributed by atoms with Crippen molar-refractivity contribution in [2.45, 2.75) is 31.7 Å². The highest BCUT2D eigenvalue weighted by molar-refractivity contribution is 7.98. The molecule has 0 unspecified atom stereocenters. The molecule has 6 heteroatoms. The Balaban J connectivity index is 1.70. The monoisotopic (exact) mass is 379 g/mol. The quantitative estimate of drug-likeness (QED) is 0.424. The highest BCUT2D eigenvalue weighted by Crippen LogP contribution is 2.21. The number of benzene rings is 2. The van der Waals surface area contributed by atoms with E-state index in [1.54, 1.807) is 16.4 Å². The lowest BCUT2D eigenvalue weighted by molar-refractivity contribution is 0.744. The molecule has 0 atom stereocenters. The Morgan fingerprint density at radius 1 is 1.00 bits per heavy atom. The van der Waals surface area contributed by atoms with Crippen LogP contribution in [0, 0.1) is 6.92 Å². The molecule has 3 rings (SSSR count). The number of aryl methyl sites for hydroxylation is 1. The minimum atomic E-state index is 0.779. The average Bonchev–Trinajstić information content (AvgIpc) is 3.07. The summed E-state index contributed by atoms with van der Waals surface area (Å²) in [5, 5.41) is 13.8. The maximum atomic E-state index is 4.60. The molecule has 1 heterocycles. The van der Waals surface area contributed by atoms with Gasteiger partial charge in [-0.1, -0.05) is 54.2 Å². The fourth-order valence-corrected chi connectivity index (χ4v) is 3.66. The summed E-state index contributed by atoms with van der Waals surface area (Å²) in [6.07, 6.45) is 1.86. The topological polar surface area (TPSA) is 46.3 Å². The molecule has 3 aromatic rings. The van der Waals surface area contributed by atoms with Crippen LogP contribution in [0.15, 0.2) is 64.9 Å². The van der Waals surface area contributed by atoms with E-state index in [4.69, 9.17) is 0 Å². The molecule has 0 aliphatic rings. The molecule has 0 saturated carbocycles. The lowest BCUT2D eigenvalue weighted by atomic mass is 10.2. The largest absolute Gasteiger partial charge is 0.372 e. The average molecular weight is 380 g/mol. The van der Waals surface area contributed by atoms with Crippen molar-refractivity contribution in [2.75, 3.05) is 18.0 Å². The normalized spacial score (nSPS) is 11.2. The standard InChI is InChI=1S/C21H25N5S/c1-4-25(5-2)20-13-11-18(12-14-20)15-22-26-17(3)23-24-21(26)27-16-19-9-7-6-8-10-19/h6-15H,4-5,16H2,1-3H3/b22-15+. The maximum absolute atomic E-state index is 4.60. The van der Waals surface area contributed by atoms with Crippen molar-refractivity contribution >= 4 is 23.7 Å². The third kappa shape index (κ3) is 4.98. The lowest BCUT2D eigenvalue weighted by Crippen LogP contribution is -2.21. The second-order valence-corrected chi connectivity index (χ2v) is 7.07. The zero-order chi connectivity index (χ0) is 19.1. The zero-order valence-corrected chi connectivity index (χ0v) is 16.9. The van der Waals surface area contributed by atoms with Gasteiger partial charge in [0.1, 0.15) is 0 Å². The summed E-state index contributed by atoms with van der Waals surface area (Å²) in [6.45, 7) is 8.27. The second kappa shape index (κ2) is 9.37. The van der Waals surface area contributed by atoms with Gasteiger partial charge in [-0.15, -0.1) is 10.2 Å². The Morgan fingerprint density at radius 2 is 1.70 bits per heavy atom. The van der Waals surface area contributed by atoms with Crippen LogP contribution in [0.2, 0.25) is 0 Å². The summed E-state index contributed by atoms with van der Waals surface area (Å²) in [6, 6.07) is 18.8.